The molecule has 1 aromatic heterocycles. The lowest BCUT2D eigenvalue weighted by molar-refractivity contribution is -0.385. The monoisotopic (exact) mass is 289 g/mol. The van der Waals surface area contributed by atoms with Gasteiger partial charge in [-0.3, -0.25) is 10.1 Å². The average molecular weight is 289 g/mol. The van der Waals surface area contributed by atoms with Crippen LogP contribution in [0.2, 0.25) is 0 Å². The smallest absolute Gasteiger partial charge is 0.335 e. The number of carboxylic acid groups (broad SMARTS) is 1. The second-order valence-electron chi connectivity index (χ2n) is 4.24. The van der Waals surface area contributed by atoms with Crippen molar-refractivity contribution in [3.63, 3.8) is 0 Å². The molecule has 0 spiro atoms. The highest BCUT2D eigenvalue weighted by molar-refractivity contribution is 5.88. The van der Waals surface area contributed by atoms with E-state index in [1.165, 1.54) is 6.07 Å². The van der Waals surface area contributed by atoms with E-state index < -0.39 is 10.9 Å². The molecule has 1 heterocycles. The second kappa shape index (κ2) is 5.53. The lowest BCUT2D eigenvalue weighted by Crippen LogP contribution is -2.01. The van der Waals surface area contributed by atoms with Gasteiger partial charge in [-0.25, -0.2) is 9.78 Å². The maximum absolute atomic E-state index is 11.0. The number of hydrogen-bond donors (Lipinski definition) is 1. The highest BCUT2D eigenvalue weighted by atomic mass is 16.6. The first-order chi connectivity index (χ1) is 9.86. The molecule has 0 unspecified atom stereocenters. The summed E-state index contributed by atoms with van der Waals surface area (Å²) in [6.07, 6.45) is 0. The average Bonchev–Trinajstić information content (AvgIpc) is 2.36. The molecule has 0 bridgehead atoms. The maximum Gasteiger partial charge on any atom is 0.335 e. The summed E-state index contributed by atoms with van der Waals surface area (Å²) >= 11 is 0. The third kappa shape index (κ3) is 3.30. The van der Waals surface area contributed by atoms with Crippen LogP contribution in [0.3, 0.4) is 0 Å². The number of benzene rings is 1. The van der Waals surface area contributed by atoms with Crippen LogP contribution >= 0.6 is 0 Å². The Morgan fingerprint density at radius 1 is 1.29 bits per heavy atom. The van der Waals surface area contributed by atoms with Crippen LogP contribution in [0.5, 0.6) is 11.6 Å². The van der Waals surface area contributed by atoms with E-state index in [4.69, 9.17) is 9.84 Å². The molecule has 0 saturated carbocycles. The summed E-state index contributed by atoms with van der Waals surface area (Å²) in [7, 11) is 0. The number of nitro benzene ring substituents is 1. The molecule has 8 heteroatoms. The third-order valence-corrected chi connectivity index (χ3v) is 2.56. The van der Waals surface area contributed by atoms with E-state index in [9.17, 15) is 14.9 Å². The second-order valence-corrected chi connectivity index (χ2v) is 4.24. The molecule has 0 atom stereocenters. The van der Waals surface area contributed by atoms with Crippen molar-refractivity contribution >= 4 is 11.7 Å². The fraction of sp³-hybridized carbons (Fsp3) is 0.154. The molecule has 0 saturated heterocycles. The minimum Gasteiger partial charge on any atom is -0.478 e. The van der Waals surface area contributed by atoms with Crippen LogP contribution in [-0.2, 0) is 0 Å². The summed E-state index contributed by atoms with van der Waals surface area (Å²) in [4.78, 5) is 29.3. The predicted octanol–water partition coefficient (Wildman–Crippen LogP) is 2.49. The van der Waals surface area contributed by atoms with Gasteiger partial charge >= 0.3 is 11.7 Å². The number of rotatable bonds is 4. The van der Waals surface area contributed by atoms with Crippen molar-refractivity contribution in [2.75, 3.05) is 0 Å². The number of aryl methyl sites for hydroxylation is 2. The van der Waals surface area contributed by atoms with Gasteiger partial charge in [-0.2, -0.15) is 4.98 Å². The van der Waals surface area contributed by atoms with Gasteiger partial charge in [-0.15, -0.1) is 0 Å². The molecule has 108 valence electrons. The Bertz CT molecular complexity index is 709. The number of ether oxygens (including phenoxy) is 1. The fourth-order valence-electron chi connectivity index (χ4n) is 1.73. The van der Waals surface area contributed by atoms with Gasteiger partial charge in [-0.05, 0) is 19.9 Å². The largest absolute Gasteiger partial charge is 0.478 e. The van der Waals surface area contributed by atoms with E-state index in [1.807, 2.05) is 0 Å². The van der Waals surface area contributed by atoms with Gasteiger partial charge in [0.1, 0.15) is 5.82 Å². The van der Waals surface area contributed by atoms with Gasteiger partial charge in [0.05, 0.1) is 10.5 Å². The van der Waals surface area contributed by atoms with Gasteiger partial charge in [-0.1, -0.05) is 0 Å². The van der Waals surface area contributed by atoms with Crippen molar-refractivity contribution in [2.45, 2.75) is 13.8 Å². The Morgan fingerprint density at radius 2 is 2.00 bits per heavy atom. The van der Waals surface area contributed by atoms with Gasteiger partial charge in [0, 0.05) is 23.9 Å². The molecule has 0 fully saturated rings. The Kier molecular flexibility index (Phi) is 3.79. The molecule has 0 aliphatic rings. The van der Waals surface area contributed by atoms with E-state index in [0.717, 1.165) is 18.2 Å². The summed E-state index contributed by atoms with van der Waals surface area (Å²) in [6, 6.07) is 4.82. The van der Waals surface area contributed by atoms with Crippen LogP contribution in [0, 0.1) is 24.0 Å². The van der Waals surface area contributed by atoms with Crippen LogP contribution in [0.1, 0.15) is 21.9 Å². The normalized spacial score (nSPS) is 10.2. The van der Waals surface area contributed by atoms with Gasteiger partial charge in [0.2, 0.25) is 11.6 Å². The van der Waals surface area contributed by atoms with Gasteiger partial charge < -0.3 is 9.84 Å². The molecule has 1 aromatic carbocycles. The van der Waals surface area contributed by atoms with E-state index in [1.54, 1.807) is 13.8 Å². The van der Waals surface area contributed by atoms with Gasteiger partial charge in [0.15, 0.2) is 0 Å². The quantitative estimate of drug-likeness (QED) is 0.678. The molecule has 21 heavy (non-hydrogen) atoms. The molecular formula is C13H11N3O5. The van der Waals surface area contributed by atoms with Crippen molar-refractivity contribution in [2.24, 2.45) is 0 Å². The predicted molar refractivity (Wildman–Crippen MR) is 71.6 cm³/mol. The molecule has 0 radical (unpaired) electrons. The number of aromatic carboxylic acids is 1. The SMILES string of the molecule is Cc1cc(Oc2cc(C(=O)O)ccc2[N+](=O)[O-])nc(C)n1. The standard InChI is InChI=1S/C13H11N3O5/c1-7-5-12(15-8(2)14-7)21-11-6-9(13(17)18)3-4-10(11)16(19)20/h3-6H,1-2H3,(H,17,18). The molecule has 2 rings (SSSR count). The van der Waals surface area contributed by atoms with E-state index in [2.05, 4.69) is 9.97 Å². The van der Waals surface area contributed by atoms with E-state index in [-0.39, 0.29) is 22.9 Å². The molecule has 8 nitrogen and oxygen atoms in total. The zero-order valence-electron chi connectivity index (χ0n) is 11.2. The third-order valence-electron chi connectivity index (χ3n) is 2.56. The van der Waals surface area contributed by atoms with Crippen molar-refractivity contribution in [1.82, 2.24) is 9.97 Å². The Labute approximate surface area is 119 Å². The first-order valence-corrected chi connectivity index (χ1v) is 5.88. The van der Waals surface area contributed by atoms with Crippen molar-refractivity contribution in [3.8, 4) is 11.6 Å². The van der Waals surface area contributed by atoms with E-state index >= 15 is 0 Å². The summed E-state index contributed by atoms with van der Waals surface area (Å²) in [6.45, 7) is 3.38. The molecule has 1 N–H and O–H groups in total. The zero-order chi connectivity index (χ0) is 15.6. The summed E-state index contributed by atoms with van der Waals surface area (Å²) in [5, 5.41) is 19.9. The Morgan fingerprint density at radius 3 is 2.57 bits per heavy atom. The lowest BCUT2D eigenvalue weighted by Gasteiger charge is -2.07. The topological polar surface area (TPSA) is 115 Å². The fourth-order valence-corrected chi connectivity index (χ4v) is 1.73. The van der Waals surface area contributed by atoms with Crippen LogP contribution in [0.15, 0.2) is 24.3 Å². The highest BCUT2D eigenvalue weighted by Crippen LogP contribution is 2.31. The number of aromatic nitrogens is 2. The lowest BCUT2D eigenvalue weighted by atomic mass is 10.2. The van der Waals surface area contributed by atoms with Crippen molar-refractivity contribution in [3.05, 3.63) is 51.5 Å². The van der Waals surface area contributed by atoms with E-state index in [0.29, 0.717) is 11.5 Å². The highest BCUT2D eigenvalue weighted by Gasteiger charge is 2.19. The Balaban J connectivity index is 2.47. The first kappa shape index (κ1) is 14.4. The Hall–Kier alpha value is -3.03. The van der Waals surface area contributed by atoms with Gasteiger partial charge in [0.25, 0.3) is 0 Å². The van der Waals surface area contributed by atoms with Crippen LogP contribution in [0.25, 0.3) is 0 Å². The minimum atomic E-state index is -1.20. The molecule has 0 aliphatic carbocycles. The number of carboxylic acids is 1. The molecular weight excluding hydrogens is 278 g/mol. The summed E-state index contributed by atoms with van der Waals surface area (Å²) in [5.41, 5.74) is 0.182. The molecule has 2 aromatic rings. The number of nitro groups is 1. The first-order valence-electron chi connectivity index (χ1n) is 5.88. The maximum atomic E-state index is 11.0. The summed E-state index contributed by atoms with van der Waals surface area (Å²) < 4.78 is 5.37. The molecule has 0 aliphatic heterocycles. The van der Waals surface area contributed by atoms with Crippen LogP contribution in [-0.4, -0.2) is 26.0 Å². The number of nitrogens with zero attached hydrogens (tertiary/aromatic N) is 3. The van der Waals surface area contributed by atoms with Crippen molar-refractivity contribution in [1.29, 1.82) is 0 Å². The zero-order valence-corrected chi connectivity index (χ0v) is 11.2. The van der Waals surface area contributed by atoms with Crippen LogP contribution < -0.4 is 4.74 Å². The number of carbonyl (C=O) groups is 1. The number of hydrogen-bond acceptors (Lipinski definition) is 6. The van der Waals surface area contributed by atoms with Crippen molar-refractivity contribution < 1.29 is 19.6 Å². The molecule has 0 amide bonds. The summed E-state index contributed by atoms with van der Waals surface area (Å²) in [5.74, 6) is -0.824. The van der Waals surface area contributed by atoms with Crippen LogP contribution in [0.4, 0.5) is 5.69 Å². The minimum absolute atomic E-state index is 0.113.